The number of carbonyl (C=O) groups is 1. The predicted octanol–water partition coefficient (Wildman–Crippen LogP) is 2.53. The molecule has 2 rings (SSSR count). The van der Waals surface area contributed by atoms with E-state index < -0.39 is 0 Å². The molecule has 0 atom stereocenters. The van der Waals surface area contributed by atoms with Crippen LogP contribution in [0.25, 0.3) is 0 Å². The van der Waals surface area contributed by atoms with Gasteiger partial charge in [0.25, 0.3) is 0 Å². The van der Waals surface area contributed by atoms with Gasteiger partial charge in [0, 0.05) is 31.7 Å². The van der Waals surface area contributed by atoms with Crippen molar-refractivity contribution in [3.63, 3.8) is 0 Å². The van der Waals surface area contributed by atoms with Crippen LogP contribution in [0.15, 0.2) is 0 Å². The number of carbonyl (C=O) groups excluding carboxylic acids is 1. The first kappa shape index (κ1) is 16.8. The lowest BCUT2D eigenvalue weighted by Crippen LogP contribution is -2.58. The maximum absolute atomic E-state index is 12.1. The van der Waals surface area contributed by atoms with Crippen LogP contribution < -0.4 is 0 Å². The summed E-state index contributed by atoms with van der Waals surface area (Å²) in [6, 6.07) is 0. The van der Waals surface area contributed by atoms with Crippen LogP contribution in [0.1, 0.15) is 52.4 Å². The quantitative estimate of drug-likeness (QED) is 0.730. The van der Waals surface area contributed by atoms with Gasteiger partial charge in [0.2, 0.25) is 0 Å². The maximum atomic E-state index is 12.1. The van der Waals surface area contributed by atoms with E-state index in [9.17, 15) is 4.79 Å². The first-order valence-corrected chi connectivity index (χ1v) is 8.69. The summed E-state index contributed by atoms with van der Waals surface area (Å²) < 4.78 is 5.26. The van der Waals surface area contributed by atoms with E-state index in [1.54, 1.807) is 0 Å². The van der Waals surface area contributed by atoms with Gasteiger partial charge in [0.05, 0.1) is 13.0 Å². The molecule has 122 valence electrons. The lowest BCUT2D eigenvalue weighted by molar-refractivity contribution is -0.148. The summed E-state index contributed by atoms with van der Waals surface area (Å²) in [6.07, 6.45) is 6.71. The van der Waals surface area contributed by atoms with E-state index in [1.165, 1.54) is 19.3 Å². The molecule has 0 aromatic carbocycles. The molecule has 0 spiro atoms. The van der Waals surface area contributed by atoms with Crippen LogP contribution >= 0.6 is 0 Å². The summed E-state index contributed by atoms with van der Waals surface area (Å²) in [4.78, 5) is 17.1. The first-order valence-electron chi connectivity index (χ1n) is 8.69. The standard InChI is InChI=1S/C17H32N2O2/c1-4-15-6-8-17(9-7-15,14-16(20)21-5-2)19-12-10-18(3)11-13-19/h15H,4-14H2,1-3H3. The highest BCUT2D eigenvalue weighted by Gasteiger charge is 2.42. The van der Waals surface area contributed by atoms with Crippen molar-refractivity contribution in [2.45, 2.75) is 57.9 Å². The van der Waals surface area contributed by atoms with Crippen LogP contribution in [0.2, 0.25) is 0 Å². The minimum atomic E-state index is -0.00798. The van der Waals surface area contributed by atoms with Gasteiger partial charge < -0.3 is 9.64 Å². The van der Waals surface area contributed by atoms with Crippen molar-refractivity contribution >= 4 is 5.97 Å². The molecule has 0 unspecified atom stereocenters. The van der Waals surface area contributed by atoms with Crippen molar-refractivity contribution in [3.05, 3.63) is 0 Å². The van der Waals surface area contributed by atoms with Gasteiger partial charge >= 0.3 is 5.97 Å². The number of likely N-dealkylation sites (N-methyl/N-ethyl adjacent to an activating group) is 1. The molecule has 1 saturated heterocycles. The van der Waals surface area contributed by atoms with Crippen LogP contribution in [0.3, 0.4) is 0 Å². The minimum absolute atomic E-state index is 0.00798. The summed E-state index contributed by atoms with van der Waals surface area (Å²) in [6.45, 7) is 9.09. The average molecular weight is 296 g/mol. The zero-order valence-electron chi connectivity index (χ0n) is 14.1. The van der Waals surface area contributed by atoms with Gasteiger partial charge in [0.15, 0.2) is 0 Å². The van der Waals surface area contributed by atoms with Crippen molar-refractivity contribution in [3.8, 4) is 0 Å². The number of piperazine rings is 1. The van der Waals surface area contributed by atoms with Crippen LogP contribution in [0.5, 0.6) is 0 Å². The Kier molecular flexibility index (Phi) is 6.06. The smallest absolute Gasteiger partial charge is 0.307 e. The molecular formula is C17H32N2O2. The largest absolute Gasteiger partial charge is 0.466 e. The molecule has 4 heteroatoms. The third-order valence-corrected chi connectivity index (χ3v) is 5.57. The monoisotopic (exact) mass is 296 g/mol. The molecule has 1 aliphatic carbocycles. The van der Waals surface area contributed by atoms with E-state index in [2.05, 4.69) is 23.8 Å². The van der Waals surface area contributed by atoms with Crippen molar-refractivity contribution in [2.75, 3.05) is 39.8 Å². The highest BCUT2D eigenvalue weighted by Crippen LogP contribution is 2.40. The molecule has 1 aliphatic heterocycles. The predicted molar refractivity (Wildman–Crippen MR) is 85.3 cm³/mol. The number of nitrogens with zero attached hydrogens (tertiary/aromatic N) is 2. The summed E-state index contributed by atoms with van der Waals surface area (Å²) in [5.41, 5.74) is 0.0686. The lowest BCUT2D eigenvalue weighted by atomic mass is 9.72. The molecule has 0 amide bonds. The molecule has 0 bridgehead atoms. The Morgan fingerprint density at radius 3 is 2.29 bits per heavy atom. The van der Waals surface area contributed by atoms with Gasteiger partial charge in [0.1, 0.15) is 0 Å². The van der Waals surface area contributed by atoms with Gasteiger partial charge in [-0.15, -0.1) is 0 Å². The fraction of sp³-hybridized carbons (Fsp3) is 0.941. The zero-order valence-corrected chi connectivity index (χ0v) is 14.1. The number of esters is 1. The van der Waals surface area contributed by atoms with E-state index in [0.29, 0.717) is 13.0 Å². The van der Waals surface area contributed by atoms with Crippen LogP contribution in [0, 0.1) is 5.92 Å². The van der Waals surface area contributed by atoms with E-state index in [4.69, 9.17) is 4.74 Å². The van der Waals surface area contributed by atoms with E-state index in [1.807, 2.05) is 6.92 Å². The second-order valence-electron chi connectivity index (χ2n) is 6.85. The fourth-order valence-corrected chi connectivity index (χ4v) is 3.99. The molecule has 2 aliphatic rings. The third-order valence-electron chi connectivity index (χ3n) is 5.57. The zero-order chi connectivity index (χ0) is 15.3. The van der Waals surface area contributed by atoms with Crippen molar-refractivity contribution < 1.29 is 9.53 Å². The van der Waals surface area contributed by atoms with Crippen molar-refractivity contribution in [1.29, 1.82) is 0 Å². The van der Waals surface area contributed by atoms with E-state index in [-0.39, 0.29) is 11.5 Å². The minimum Gasteiger partial charge on any atom is -0.466 e. The molecule has 0 aromatic rings. The molecule has 1 saturated carbocycles. The molecule has 21 heavy (non-hydrogen) atoms. The fourth-order valence-electron chi connectivity index (χ4n) is 3.99. The van der Waals surface area contributed by atoms with Crippen LogP contribution in [-0.2, 0) is 9.53 Å². The van der Waals surface area contributed by atoms with Crippen LogP contribution in [0.4, 0.5) is 0 Å². The van der Waals surface area contributed by atoms with E-state index >= 15 is 0 Å². The molecule has 0 radical (unpaired) electrons. The Bertz CT molecular complexity index is 330. The van der Waals surface area contributed by atoms with Gasteiger partial charge in [-0.25, -0.2) is 0 Å². The normalized spacial score (nSPS) is 32.0. The Morgan fingerprint density at radius 1 is 1.14 bits per heavy atom. The third kappa shape index (κ3) is 4.19. The lowest BCUT2D eigenvalue weighted by Gasteiger charge is -2.50. The molecule has 2 fully saturated rings. The van der Waals surface area contributed by atoms with Crippen molar-refractivity contribution in [2.24, 2.45) is 5.92 Å². The molecular weight excluding hydrogens is 264 g/mol. The molecule has 0 N–H and O–H groups in total. The summed E-state index contributed by atoms with van der Waals surface area (Å²) in [5.74, 6) is 0.846. The van der Waals surface area contributed by atoms with Gasteiger partial charge in [-0.05, 0) is 45.6 Å². The average Bonchev–Trinajstić information content (AvgIpc) is 2.49. The second kappa shape index (κ2) is 7.59. The first-order chi connectivity index (χ1) is 10.1. The second-order valence-corrected chi connectivity index (χ2v) is 6.85. The highest BCUT2D eigenvalue weighted by molar-refractivity contribution is 5.71. The van der Waals surface area contributed by atoms with E-state index in [0.717, 1.165) is 44.9 Å². The number of ether oxygens (including phenoxy) is 1. The Balaban J connectivity index is 2.05. The van der Waals surface area contributed by atoms with Crippen molar-refractivity contribution in [1.82, 2.24) is 9.80 Å². The number of hydrogen-bond donors (Lipinski definition) is 0. The molecule has 0 aromatic heterocycles. The molecule has 4 nitrogen and oxygen atoms in total. The van der Waals surface area contributed by atoms with Gasteiger partial charge in [-0.1, -0.05) is 13.3 Å². The summed E-state index contributed by atoms with van der Waals surface area (Å²) in [5, 5.41) is 0. The summed E-state index contributed by atoms with van der Waals surface area (Å²) >= 11 is 0. The topological polar surface area (TPSA) is 32.8 Å². The number of hydrogen-bond acceptors (Lipinski definition) is 4. The Morgan fingerprint density at radius 2 is 1.76 bits per heavy atom. The number of rotatable bonds is 5. The Labute approximate surface area is 129 Å². The highest BCUT2D eigenvalue weighted by atomic mass is 16.5. The van der Waals surface area contributed by atoms with Crippen LogP contribution in [-0.4, -0.2) is 61.1 Å². The Hall–Kier alpha value is -0.610. The van der Waals surface area contributed by atoms with Gasteiger partial charge in [-0.3, -0.25) is 9.69 Å². The summed E-state index contributed by atoms with van der Waals surface area (Å²) in [7, 11) is 2.18. The van der Waals surface area contributed by atoms with Gasteiger partial charge in [-0.2, -0.15) is 0 Å². The maximum Gasteiger partial charge on any atom is 0.307 e. The SMILES string of the molecule is CCOC(=O)CC1(N2CCN(C)CC2)CCC(CC)CC1. The molecule has 1 heterocycles.